The second kappa shape index (κ2) is 13.7. The highest BCUT2D eigenvalue weighted by Gasteiger charge is 2.35. The lowest BCUT2D eigenvalue weighted by Gasteiger charge is -2.32. The summed E-state index contributed by atoms with van der Waals surface area (Å²) in [5.74, 6) is -1.17. The van der Waals surface area contributed by atoms with E-state index in [2.05, 4.69) is 5.32 Å². The van der Waals surface area contributed by atoms with Crippen molar-refractivity contribution < 1.29 is 31.2 Å². The van der Waals surface area contributed by atoms with Gasteiger partial charge >= 0.3 is 6.18 Å². The number of hydrogen-bond donors (Lipinski definition) is 1. The van der Waals surface area contributed by atoms with Crippen LogP contribution in [0, 0.1) is 6.92 Å². The van der Waals surface area contributed by atoms with Crippen LogP contribution < -0.4 is 9.62 Å². The fourth-order valence-electron chi connectivity index (χ4n) is 4.09. The van der Waals surface area contributed by atoms with Gasteiger partial charge in [-0.2, -0.15) is 13.2 Å². The number of alkyl halides is 3. The van der Waals surface area contributed by atoms with E-state index < -0.39 is 46.2 Å². The topological polar surface area (TPSA) is 86.8 Å². The summed E-state index contributed by atoms with van der Waals surface area (Å²) in [6.45, 7) is 4.98. The van der Waals surface area contributed by atoms with Crippen LogP contribution in [0.3, 0.4) is 0 Å². The van der Waals surface area contributed by atoms with Gasteiger partial charge in [-0.15, -0.1) is 0 Å². The summed E-state index contributed by atoms with van der Waals surface area (Å²) in [5, 5.41) is 2.79. The van der Waals surface area contributed by atoms with Crippen molar-refractivity contribution in [1.82, 2.24) is 10.2 Å². The van der Waals surface area contributed by atoms with Crippen LogP contribution in [0.5, 0.6) is 0 Å². The molecule has 0 heterocycles. The summed E-state index contributed by atoms with van der Waals surface area (Å²) in [6, 6.07) is 17.3. The predicted molar refractivity (Wildman–Crippen MR) is 152 cm³/mol. The third-order valence-corrected chi connectivity index (χ3v) is 8.33. The summed E-state index contributed by atoms with van der Waals surface area (Å²) in [6.07, 6.45) is -3.14. The van der Waals surface area contributed by atoms with E-state index in [1.807, 2.05) is 26.0 Å². The summed E-state index contributed by atoms with van der Waals surface area (Å²) < 4.78 is 68.7. The van der Waals surface area contributed by atoms with Crippen molar-refractivity contribution in [2.75, 3.05) is 17.4 Å². The molecule has 7 nitrogen and oxygen atoms in total. The van der Waals surface area contributed by atoms with Gasteiger partial charge in [0.15, 0.2) is 0 Å². The monoisotopic (exact) mass is 589 g/mol. The normalized spacial score (nSPS) is 12.4. The van der Waals surface area contributed by atoms with E-state index in [0.29, 0.717) is 22.5 Å². The summed E-state index contributed by atoms with van der Waals surface area (Å²) in [7, 11) is -4.47. The second-order valence-electron chi connectivity index (χ2n) is 9.70. The Morgan fingerprint density at radius 1 is 0.951 bits per heavy atom. The molecular weight excluding hydrogens is 555 g/mol. The molecule has 1 atom stereocenters. The third kappa shape index (κ3) is 8.32. The molecule has 0 spiro atoms. The van der Waals surface area contributed by atoms with Crippen LogP contribution >= 0.6 is 0 Å². The van der Waals surface area contributed by atoms with Crippen molar-refractivity contribution in [3.05, 3.63) is 95.6 Å². The third-order valence-electron chi connectivity index (χ3n) is 6.54. The maximum atomic E-state index is 13.9. The number of aryl methyl sites for hydroxylation is 1. The molecule has 0 fully saturated rings. The summed E-state index contributed by atoms with van der Waals surface area (Å²) in [5.41, 5.74) is 0.304. The lowest BCUT2D eigenvalue weighted by atomic mass is 10.1. The van der Waals surface area contributed by atoms with Crippen LogP contribution in [0.1, 0.15) is 43.4 Å². The van der Waals surface area contributed by atoms with E-state index in [9.17, 15) is 31.2 Å². The first-order valence-corrected chi connectivity index (χ1v) is 14.7. The summed E-state index contributed by atoms with van der Waals surface area (Å²) >= 11 is 0. The first-order chi connectivity index (χ1) is 19.3. The smallest absolute Gasteiger partial charge is 0.354 e. The maximum absolute atomic E-state index is 13.9. The summed E-state index contributed by atoms with van der Waals surface area (Å²) in [4.78, 5) is 27.9. The molecule has 0 aliphatic heterocycles. The van der Waals surface area contributed by atoms with Gasteiger partial charge in [0.05, 0.1) is 16.1 Å². The molecule has 41 heavy (non-hydrogen) atoms. The molecule has 0 bridgehead atoms. The Morgan fingerprint density at radius 2 is 1.61 bits per heavy atom. The minimum Gasteiger partial charge on any atom is -0.354 e. The number of halogens is 3. The Balaban J connectivity index is 2.04. The standard InChI is InChI=1S/C30H34F3N3O4S/c1-4-5-18-34-29(38)23(3)35(20-24-16-14-22(2)15-17-24)28(37)21-36(41(39,40)27-12-7-6-8-13-27)26-11-9-10-25(19-26)30(31,32)33/h6-17,19,23H,4-5,18,20-21H2,1-3H3,(H,34,38)/t23-/m1/s1. The van der Waals surface area contributed by atoms with Gasteiger partial charge in [-0.25, -0.2) is 8.42 Å². The zero-order valence-electron chi connectivity index (χ0n) is 23.2. The van der Waals surface area contributed by atoms with Crippen LogP contribution in [0.2, 0.25) is 0 Å². The number of unbranched alkanes of at least 4 members (excludes halogenated alkanes) is 1. The van der Waals surface area contributed by atoms with Crippen LogP contribution in [-0.4, -0.2) is 44.3 Å². The number of amides is 2. The molecular formula is C30H34F3N3O4S. The molecule has 0 aliphatic carbocycles. The molecule has 0 radical (unpaired) electrons. The van der Waals surface area contributed by atoms with Gasteiger partial charge in [-0.05, 0) is 56.2 Å². The molecule has 0 saturated heterocycles. The van der Waals surface area contributed by atoms with Gasteiger partial charge < -0.3 is 10.2 Å². The van der Waals surface area contributed by atoms with Crippen molar-refractivity contribution >= 4 is 27.5 Å². The second-order valence-corrected chi connectivity index (χ2v) is 11.6. The van der Waals surface area contributed by atoms with Crippen molar-refractivity contribution in [3.8, 4) is 0 Å². The molecule has 11 heteroatoms. The number of carbonyl (C=O) groups excluding carboxylic acids is 2. The SMILES string of the molecule is CCCCNC(=O)[C@@H](C)N(Cc1ccc(C)cc1)C(=O)CN(c1cccc(C(F)(F)F)c1)S(=O)(=O)c1ccccc1. The van der Waals surface area contributed by atoms with Gasteiger partial charge in [0, 0.05) is 13.1 Å². The molecule has 0 aromatic heterocycles. The number of carbonyl (C=O) groups is 2. The quantitative estimate of drug-likeness (QED) is 0.281. The van der Waals surface area contributed by atoms with Crippen molar-refractivity contribution in [2.45, 2.75) is 57.3 Å². The highest BCUT2D eigenvalue weighted by atomic mass is 32.2. The van der Waals surface area contributed by atoms with Crippen LogP contribution in [0.25, 0.3) is 0 Å². The van der Waals surface area contributed by atoms with Gasteiger partial charge in [0.2, 0.25) is 11.8 Å². The molecule has 0 unspecified atom stereocenters. The molecule has 0 aliphatic rings. The van der Waals surface area contributed by atoms with E-state index in [4.69, 9.17) is 0 Å². The maximum Gasteiger partial charge on any atom is 0.416 e. The first-order valence-electron chi connectivity index (χ1n) is 13.2. The number of anilines is 1. The van der Waals surface area contributed by atoms with Gasteiger partial charge in [0.1, 0.15) is 12.6 Å². The predicted octanol–water partition coefficient (Wildman–Crippen LogP) is 5.54. The Kier molecular flexibility index (Phi) is 10.6. The van der Waals surface area contributed by atoms with Crippen LogP contribution in [-0.2, 0) is 32.3 Å². The molecule has 2 amide bonds. The molecule has 220 valence electrons. The van der Waals surface area contributed by atoms with E-state index in [0.717, 1.165) is 30.5 Å². The highest BCUT2D eigenvalue weighted by Crippen LogP contribution is 2.33. The van der Waals surface area contributed by atoms with Crippen molar-refractivity contribution in [2.24, 2.45) is 0 Å². The average molecular weight is 590 g/mol. The number of hydrogen-bond acceptors (Lipinski definition) is 4. The Morgan fingerprint density at radius 3 is 2.22 bits per heavy atom. The molecule has 0 saturated carbocycles. The molecule has 1 N–H and O–H groups in total. The lowest BCUT2D eigenvalue weighted by Crippen LogP contribution is -2.51. The van der Waals surface area contributed by atoms with Crippen molar-refractivity contribution in [1.29, 1.82) is 0 Å². The van der Waals surface area contributed by atoms with E-state index in [1.54, 1.807) is 18.2 Å². The van der Waals surface area contributed by atoms with E-state index in [1.165, 1.54) is 42.2 Å². The molecule has 3 aromatic rings. The van der Waals surface area contributed by atoms with E-state index in [-0.39, 0.29) is 17.1 Å². The lowest BCUT2D eigenvalue weighted by molar-refractivity contribution is -0.139. The number of nitrogens with zero attached hydrogens (tertiary/aromatic N) is 2. The number of sulfonamides is 1. The van der Waals surface area contributed by atoms with Crippen LogP contribution in [0.15, 0.2) is 83.8 Å². The molecule has 3 aromatic carbocycles. The average Bonchev–Trinajstić information content (AvgIpc) is 2.95. The Hall–Kier alpha value is -3.86. The minimum atomic E-state index is -4.73. The van der Waals surface area contributed by atoms with Crippen molar-refractivity contribution in [3.63, 3.8) is 0 Å². The Bertz CT molecular complexity index is 1430. The minimum absolute atomic E-state index is 0.0106. The first kappa shape index (κ1) is 31.7. The zero-order valence-corrected chi connectivity index (χ0v) is 24.0. The fourth-order valence-corrected chi connectivity index (χ4v) is 5.52. The number of benzene rings is 3. The van der Waals surface area contributed by atoms with Gasteiger partial charge in [-0.1, -0.05) is 67.4 Å². The number of rotatable bonds is 12. The van der Waals surface area contributed by atoms with Crippen LogP contribution in [0.4, 0.5) is 18.9 Å². The van der Waals surface area contributed by atoms with Gasteiger partial charge in [0.25, 0.3) is 10.0 Å². The highest BCUT2D eigenvalue weighted by molar-refractivity contribution is 7.92. The Labute approximate surface area is 239 Å². The number of nitrogens with one attached hydrogen (secondary N) is 1. The van der Waals surface area contributed by atoms with E-state index >= 15 is 0 Å². The molecule has 3 rings (SSSR count). The fraction of sp³-hybridized carbons (Fsp3) is 0.333. The largest absolute Gasteiger partial charge is 0.416 e. The zero-order chi connectivity index (χ0) is 30.2. The van der Waals surface area contributed by atoms with Gasteiger partial charge in [-0.3, -0.25) is 13.9 Å².